The Morgan fingerprint density at radius 3 is 3.10 bits per heavy atom. The molecule has 0 aromatic carbocycles. The molecule has 8 heteroatoms. The molecule has 0 radical (unpaired) electrons. The van der Waals surface area contributed by atoms with Crippen LogP contribution in [0.25, 0.3) is 4.96 Å². The van der Waals surface area contributed by atoms with Crippen molar-refractivity contribution in [1.82, 2.24) is 9.38 Å². The zero-order valence-corrected chi connectivity index (χ0v) is 11.8. The summed E-state index contributed by atoms with van der Waals surface area (Å²) in [7, 11) is 1.58. The maximum atomic E-state index is 11.5. The third kappa shape index (κ3) is 2.74. The highest BCUT2D eigenvalue weighted by Gasteiger charge is 2.23. The van der Waals surface area contributed by atoms with Gasteiger partial charge in [-0.2, -0.15) is 5.26 Å². The number of hydrogen-bond donors (Lipinski definition) is 1. The van der Waals surface area contributed by atoms with Crippen molar-refractivity contribution in [2.75, 3.05) is 31.7 Å². The predicted molar refractivity (Wildman–Crippen MR) is 74.3 cm³/mol. The van der Waals surface area contributed by atoms with Gasteiger partial charge in [0.2, 0.25) is 0 Å². The summed E-state index contributed by atoms with van der Waals surface area (Å²) in [5.74, 6) is -0.651. The van der Waals surface area contributed by atoms with E-state index in [1.165, 1.54) is 11.3 Å². The van der Waals surface area contributed by atoms with Gasteiger partial charge in [-0.3, -0.25) is 4.40 Å². The number of fused-ring (bicyclic) bond motifs is 1. The molecule has 2 aromatic heterocycles. The van der Waals surface area contributed by atoms with Crippen molar-refractivity contribution in [1.29, 1.82) is 5.26 Å². The normalized spacial score (nSPS) is 10.6. The smallest absolute Gasteiger partial charge is 0.356 e. The number of nitriles is 1. The van der Waals surface area contributed by atoms with Crippen molar-refractivity contribution in [3.8, 4) is 6.07 Å². The Kier molecular flexibility index (Phi) is 4.55. The summed E-state index contributed by atoms with van der Waals surface area (Å²) in [5, 5.41) is 19.9. The van der Waals surface area contributed by atoms with Gasteiger partial charge >= 0.3 is 5.97 Å². The number of rotatable bonds is 7. The van der Waals surface area contributed by atoms with Gasteiger partial charge in [-0.1, -0.05) is 0 Å². The number of carbonyl (C=O) groups is 1. The Balaban J connectivity index is 2.40. The second kappa shape index (κ2) is 6.36. The van der Waals surface area contributed by atoms with Crippen LogP contribution in [0.1, 0.15) is 16.9 Å². The summed E-state index contributed by atoms with van der Waals surface area (Å²) >= 11 is 1.37. The van der Waals surface area contributed by atoms with E-state index in [2.05, 4.69) is 11.1 Å². The minimum absolute atomic E-state index is 0.121. The summed E-state index contributed by atoms with van der Waals surface area (Å²) in [6, 6.07) is 2.06. The standard InChI is InChI=1S/C12H14N4O3S/c1-19-7-5-15(4-2-3-13)10-9(11(17)18)16-6-8-20-12(16)14-10/h6,8H,2,4-5,7H2,1H3,(H,17,18). The Hall–Kier alpha value is -2.11. The molecule has 0 unspecified atom stereocenters. The third-order valence-electron chi connectivity index (χ3n) is 2.80. The number of carboxylic acid groups (broad SMARTS) is 1. The molecule has 2 aromatic rings. The van der Waals surface area contributed by atoms with Crippen molar-refractivity contribution < 1.29 is 14.6 Å². The maximum absolute atomic E-state index is 11.5. The van der Waals surface area contributed by atoms with Crippen LogP contribution in [0.5, 0.6) is 0 Å². The van der Waals surface area contributed by atoms with E-state index in [4.69, 9.17) is 10.00 Å². The lowest BCUT2D eigenvalue weighted by Gasteiger charge is -2.21. The lowest BCUT2D eigenvalue weighted by atomic mass is 10.3. The minimum Gasteiger partial charge on any atom is -0.476 e. The molecule has 0 saturated heterocycles. The van der Waals surface area contributed by atoms with E-state index in [1.54, 1.807) is 28.0 Å². The number of aromatic carboxylic acids is 1. The molecule has 0 amide bonds. The Bertz CT molecular complexity index is 643. The average Bonchev–Trinajstić information content (AvgIpc) is 2.98. The van der Waals surface area contributed by atoms with E-state index in [0.29, 0.717) is 36.9 Å². The molecule has 20 heavy (non-hydrogen) atoms. The first-order valence-corrected chi connectivity index (χ1v) is 6.86. The molecule has 2 rings (SSSR count). The monoisotopic (exact) mass is 294 g/mol. The van der Waals surface area contributed by atoms with E-state index in [9.17, 15) is 9.90 Å². The van der Waals surface area contributed by atoms with Crippen LogP contribution in [0.2, 0.25) is 0 Å². The summed E-state index contributed by atoms with van der Waals surface area (Å²) in [5.41, 5.74) is 0.121. The van der Waals surface area contributed by atoms with Gasteiger partial charge in [0.15, 0.2) is 16.5 Å². The van der Waals surface area contributed by atoms with Gasteiger partial charge in [-0.05, 0) is 0 Å². The molecular weight excluding hydrogens is 280 g/mol. The van der Waals surface area contributed by atoms with Crippen LogP contribution in [0, 0.1) is 11.3 Å². The van der Waals surface area contributed by atoms with Crippen LogP contribution in [-0.2, 0) is 4.74 Å². The van der Waals surface area contributed by atoms with Crippen LogP contribution in [0.15, 0.2) is 11.6 Å². The van der Waals surface area contributed by atoms with Gasteiger partial charge in [0.25, 0.3) is 0 Å². The molecule has 0 atom stereocenters. The van der Waals surface area contributed by atoms with Crippen molar-refractivity contribution in [3.63, 3.8) is 0 Å². The van der Waals surface area contributed by atoms with Gasteiger partial charge in [-0.15, -0.1) is 11.3 Å². The highest BCUT2D eigenvalue weighted by atomic mass is 32.1. The summed E-state index contributed by atoms with van der Waals surface area (Å²) in [6.07, 6.45) is 1.98. The molecule has 0 aliphatic rings. The fourth-order valence-electron chi connectivity index (χ4n) is 1.90. The Labute approximate surface area is 119 Å². The number of imidazole rings is 1. The first kappa shape index (κ1) is 14.3. The largest absolute Gasteiger partial charge is 0.476 e. The molecule has 0 spiro atoms. The number of carboxylic acids is 1. The molecular formula is C12H14N4O3S. The van der Waals surface area contributed by atoms with E-state index in [1.807, 2.05) is 0 Å². The number of hydrogen-bond acceptors (Lipinski definition) is 6. The highest BCUT2D eigenvalue weighted by Crippen LogP contribution is 2.24. The molecule has 7 nitrogen and oxygen atoms in total. The zero-order valence-electron chi connectivity index (χ0n) is 10.9. The fourth-order valence-corrected chi connectivity index (χ4v) is 2.61. The van der Waals surface area contributed by atoms with E-state index < -0.39 is 5.97 Å². The topological polar surface area (TPSA) is 90.9 Å². The lowest BCUT2D eigenvalue weighted by Crippen LogP contribution is -2.30. The van der Waals surface area contributed by atoms with Gasteiger partial charge in [-0.25, -0.2) is 9.78 Å². The van der Waals surface area contributed by atoms with Gasteiger partial charge in [0.1, 0.15) is 0 Å². The quantitative estimate of drug-likeness (QED) is 0.831. The summed E-state index contributed by atoms with van der Waals surface area (Å²) in [4.78, 5) is 18.2. The van der Waals surface area contributed by atoms with Crippen molar-refractivity contribution >= 4 is 28.1 Å². The molecule has 0 bridgehead atoms. The van der Waals surface area contributed by atoms with E-state index in [0.717, 1.165) is 0 Å². The first-order valence-electron chi connectivity index (χ1n) is 5.98. The SMILES string of the molecule is COCCN(CCC#N)c1nc2sccn2c1C(=O)O. The minimum atomic E-state index is -1.04. The average molecular weight is 294 g/mol. The van der Waals surface area contributed by atoms with Crippen molar-refractivity contribution in [3.05, 3.63) is 17.3 Å². The lowest BCUT2D eigenvalue weighted by molar-refractivity contribution is 0.0690. The second-order valence-corrected chi connectivity index (χ2v) is 4.91. The van der Waals surface area contributed by atoms with Crippen LogP contribution >= 0.6 is 11.3 Å². The number of nitrogens with zero attached hydrogens (tertiary/aromatic N) is 4. The highest BCUT2D eigenvalue weighted by molar-refractivity contribution is 7.15. The second-order valence-electron chi connectivity index (χ2n) is 4.03. The van der Waals surface area contributed by atoms with Gasteiger partial charge < -0.3 is 14.7 Å². The Morgan fingerprint density at radius 2 is 2.45 bits per heavy atom. The molecule has 2 heterocycles. The van der Waals surface area contributed by atoms with Crippen LogP contribution < -0.4 is 4.90 Å². The van der Waals surface area contributed by atoms with Crippen LogP contribution in [-0.4, -0.2) is 47.3 Å². The number of aromatic nitrogens is 2. The van der Waals surface area contributed by atoms with Crippen molar-refractivity contribution in [2.45, 2.75) is 6.42 Å². The summed E-state index contributed by atoms with van der Waals surface area (Å²) in [6.45, 7) is 1.35. The van der Waals surface area contributed by atoms with Gasteiger partial charge in [0, 0.05) is 31.8 Å². The summed E-state index contributed by atoms with van der Waals surface area (Å²) < 4.78 is 6.58. The molecule has 1 N–H and O–H groups in total. The fraction of sp³-hybridized carbons (Fsp3) is 0.417. The zero-order chi connectivity index (χ0) is 14.5. The first-order chi connectivity index (χ1) is 9.69. The van der Waals surface area contributed by atoms with E-state index >= 15 is 0 Å². The van der Waals surface area contributed by atoms with Crippen LogP contribution in [0.3, 0.4) is 0 Å². The molecule has 0 saturated carbocycles. The Morgan fingerprint density at radius 1 is 1.65 bits per heavy atom. The van der Waals surface area contributed by atoms with Crippen LogP contribution in [0.4, 0.5) is 5.82 Å². The molecule has 106 valence electrons. The van der Waals surface area contributed by atoms with Crippen molar-refractivity contribution in [2.24, 2.45) is 0 Å². The number of methoxy groups -OCH3 is 1. The molecule has 0 aliphatic carbocycles. The maximum Gasteiger partial charge on any atom is 0.356 e. The van der Waals surface area contributed by atoms with Gasteiger partial charge in [0.05, 0.1) is 19.1 Å². The van der Waals surface area contributed by atoms with E-state index in [-0.39, 0.29) is 5.69 Å². The number of thiazole rings is 1. The predicted octanol–water partition coefficient (Wildman–Crippen LogP) is 1.46. The number of anilines is 1. The third-order valence-corrected chi connectivity index (χ3v) is 3.56. The molecule has 0 aliphatic heterocycles. The number of ether oxygens (including phenoxy) is 1. The molecule has 0 fully saturated rings.